The largest absolute Gasteiger partial charge is 0.447 e. The lowest BCUT2D eigenvalue weighted by atomic mass is 10.2. The zero-order chi connectivity index (χ0) is 16.9. The Balaban J connectivity index is 1.66. The molecule has 0 radical (unpaired) electrons. The number of amides is 1. The molecule has 0 atom stereocenters. The molecule has 1 aliphatic rings. The van der Waals surface area contributed by atoms with Crippen LogP contribution in [0.3, 0.4) is 0 Å². The van der Waals surface area contributed by atoms with Crippen LogP contribution in [-0.2, 0) is 13.1 Å². The summed E-state index contributed by atoms with van der Waals surface area (Å²) in [5.74, 6) is 0.740. The van der Waals surface area contributed by atoms with Crippen molar-refractivity contribution in [3.63, 3.8) is 0 Å². The maximum atomic E-state index is 13.4. The first-order valence-corrected chi connectivity index (χ1v) is 8.33. The van der Waals surface area contributed by atoms with Crippen LogP contribution in [-0.4, -0.2) is 28.9 Å². The van der Waals surface area contributed by atoms with E-state index >= 15 is 0 Å². The summed E-state index contributed by atoms with van der Waals surface area (Å²) in [7, 11) is 0. The maximum Gasteiger partial charge on any atom is 0.273 e. The lowest BCUT2D eigenvalue weighted by Gasteiger charge is -2.20. The summed E-state index contributed by atoms with van der Waals surface area (Å²) in [5.41, 5.74) is 1.22. The third-order valence-corrected chi connectivity index (χ3v) is 3.99. The van der Waals surface area contributed by atoms with Crippen molar-refractivity contribution in [3.8, 4) is 0 Å². The van der Waals surface area contributed by atoms with Crippen LogP contribution >= 0.6 is 0 Å². The van der Waals surface area contributed by atoms with Gasteiger partial charge < -0.3 is 9.73 Å². The predicted molar refractivity (Wildman–Crippen MR) is 87.7 cm³/mol. The Morgan fingerprint density at radius 1 is 1.42 bits per heavy atom. The predicted octanol–water partition coefficient (Wildman–Crippen LogP) is 2.98. The normalized spacial score (nSPS) is 14.1. The highest BCUT2D eigenvalue weighted by Gasteiger charge is 2.25. The lowest BCUT2D eigenvalue weighted by Crippen LogP contribution is -2.26. The molecule has 1 N–H and O–H groups in total. The fourth-order valence-corrected chi connectivity index (χ4v) is 2.67. The molecule has 1 amide bonds. The van der Waals surface area contributed by atoms with Gasteiger partial charge in [0.05, 0.1) is 6.54 Å². The number of carbonyl (C=O) groups excluding carboxylic acids is 1. The fourth-order valence-electron chi connectivity index (χ4n) is 2.67. The Kier molecular flexibility index (Phi) is 5.25. The molecule has 0 bridgehead atoms. The van der Waals surface area contributed by atoms with E-state index in [-0.39, 0.29) is 11.7 Å². The average molecular weight is 331 g/mol. The maximum absolute atomic E-state index is 13.4. The molecule has 1 saturated carbocycles. The van der Waals surface area contributed by atoms with Crippen LogP contribution < -0.4 is 5.32 Å². The minimum Gasteiger partial charge on any atom is -0.447 e. The zero-order valence-corrected chi connectivity index (χ0v) is 13.8. The van der Waals surface area contributed by atoms with Gasteiger partial charge in [-0.3, -0.25) is 9.69 Å². The molecule has 1 aromatic heterocycles. The molecule has 0 spiro atoms. The Hall–Kier alpha value is -2.21. The second-order valence-corrected chi connectivity index (χ2v) is 6.23. The number of hydrogen-bond donors (Lipinski definition) is 1. The van der Waals surface area contributed by atoms with Gasteiger partial charge in [-0.25, -0.2) is 9.37 Å². The molecule has 1 aromatic carbocycles. The van der Waals surface area contributed by atoms with E-state index < -0.39 is 0 Å². The van der Waals surface area contributed by atoms with E-state index in [1.165, 1.54) is 25.2 Å². The summed E-state index contributed by atoms with van der Waals surface area (Å²) in [6.07, 6.45) is 3.85. The third-order valence-electron chi connectivity index (χ3n) is 3.99. The lowest BCUT2D eigenvalue weighted by molar-refractivity contribution is 0.0950. The molecule has 0 saturated heterocycles. The van der Waals surface area contributed by atoms with Gasteiger partial charge >= 0.3 is 0 Å². The molecular formula is C18H22FN3O2. The highest BCUT2D eigenvalue weighted by atomic mass is 19.1. The Morgan fingerprint density at radius 2 is 2.25 bits per heavy atom. The van der Waals surface area contributed by atoms with Gasteiger partial charge in [-0.05, 0) is 43.4 Å². The van der Waals surface area contributed by atoms with E-state index in [2.05, 4.69) is 15.2 Å². The van der Waals surface area contributed by atoms with Gasteiger partial charge in [-0.2, -0.15) is 0 Å². The van der Waals surface area contributed by atoms with Crippen molar-refractivity contribution < 1.29 is 13.6 Å². The second kappa shape index (κ2) is 7.57. The third kappa shape index (κ3) is 4.64. The number of oxazole rings is 1. The molecule has 128 valence electrons. The van der Waals surface area contributed by atoms with Crippen molar-refractivity contribution in [2.45, 2.75) is 32.9 Å². The number of aromatic nitrogens is 1. The summed E-state index contributed by atoms with van der Waals surface area (Å²) >= 11 is 0. The highest BCUT2D eigenvalue weighted by molar-refractivity contribution is 5.91. The van der Waals surface area contributed by atoms with E-state index in [9.17, 15) is 9.18 Å². The van der Waals surface area contributed by atoms with Gasteiger partial charge in [-0.1, -0.05) is 12.1 Å². The molecule has 5 nitrogen and oxygen atoms in total. The molecule has 1 fully saturated rings. The van der Waals surface area contributed by atoms with E-state index in [0.29, 0.717) is 37.1 Å². The van der Waals surface area contributed by atoms with Gasteiger partial charge in [-0.15, -0.1) is 0 Å². The van der Waals surface area contributed by atoms with Crippen molar-refractivity contribution >= 4 is 5.91 Å². The summed E-state index contributed by atoms with van der Waals surface area (Å²) in [6.45, 7) is 4.47. The van der Waals surface area contributed by atoms with Crippen molar-refractivity contribution in [1.29, 1.82) is 0 Å². The summed E-state index contributed by atoms with van der Waals surface area (Å²) < 4.78 is 18.8. The molecule has 6 heteroatoms. The van der Waals surface area contributed by atoms with Crippen LogP contribution in [0.15, 0.2) is 34.9 Å². The van der Waals surface area contributed by atoms with Gasteiger partial charge in [0.25, 0.3) is 5.91 Å². The van der Waals surface area contributed by atoms with E-state index in [1.807, 2.05) is 13.0 Å². The Labute approximate surface area is 140 Å². The number of benzene rings is 1. The van der Waals surface area contributed by atoms with E-state index in [0.717, 1.165) is 12.1 Å². The van der Waals surface area contributed by atoms with Crippen molar-refractivity contribution in [3.05, 3.63) is 53.5 Å². The number of halogens is 1. The van der Waals surface area contributed by atoms with E-state index in [1.54, 1.807) is 12.1 Å². The Morgan fingerprint density at radius 3 is 2.96 bits per heavy atom. The standard InChI is InChI=1S/C18H22FN3O2/c1-2-20-18(23)16-12-24-17(21-16)11-22(9-13-6-7-13)10-14-4-3-5-15(19)8-14/h3-5,8,12-13H,2,6-7,9-11H2,1H3,(H,20,23). The fraction of sp³-hybridized carbons (Fsp3) is 0.444. The van der Waals surface area contributed by atoms with Crippen molar-refractivity contribution in [1.82, 2.24) is 15.2 Å². The zero-order valence-electron chi connectivity index (χ0n) is 13.8. The van der Waals surface area contributed by atoms with Gasteiger partial charge in [0.15, 0.2) is 5.69 Å². The van der Waals surface area contributed by atoms with Gasteiger partial charge in [0.1, 0.15) is 12.1 Å². The number of rotatable bonds is 8. The summed E-state index contributed by atoms with van der Waals surface area (Å²) in [4.78, 5) is 18.2. The van der Waals surface area contributed by atoms with Crippen LogP contribution in [0.4, 0.5) is 4.39 Å². The van der Waals surface area contributed by atoms with Crippen LogP contribution in [0, 0.1) is 11.7 Å². The number of carbonyl (C=O) groups is 1. The molecule has 2 aromatic rings. The number of hydrogen-bond acceptors (Lipinski definition) is 4. The number of nitrogens with one attached hydrogen (secondary N) is 1. The smallest absolute Gasteiger partial charge is 0.273 e. The topological polar surface area (TPSA) is 58.4 Å². The van der Waals surface area contributed by atoms with Crippen LogP contribution in [0.25, 0.3) is 0 Å². The molecular weight excluding hydrogens is 309 g/mol. The first-order chi connectivity index (χ1) is 11.6. The van der Waals surface area contributed by atoms with Crippen LogP contribution in [0.1, 0.15) is 41.7 Å². The van der Waals surface area contributed by atoms with Crippen molar-refractivity contribution in [2.75, 3.05) is 13.1 Å². The molecule has 24 heavy (non-hydrogen) atoms. The molecule has 0 aliphatic heterocycles. The van der Waals surface area contributed by atoms with Crippen molar-refractivity contribution in [2.24, 2.45) is 5.92 Å². The van der Waals surface area contributed by atoms with Crippen LogP contribution in [0.2, 0.25) is 0 Å². The summed E-state index contributed by atoms with van der Waals surface area (Å²) in [6, 6.07) is 6.63. The van der Waals surface area contributed by atoms with Crippen LogP contribution in [0.5, 0.6) is 0 Å². The molecule has 3 rings (SSSR count). The van der Waals surface area contributed by atoms with E-state index in [4.69, 9.17) is 4.42 Å². The average Bonchev–Trinajstić information content (AvgIpc) is 3.23. The quantitative estimate of drug-likeness (QED) is 0.808. The highest BCUT2D eigenvalue weighted by Crippen LogP contribution is 2.30. The molecule has 0 unspecified atom stereocenters. The SMILES string of the molecule is CCNC(=O)c1coc(CN(Cc2cccc(F)c2)CC2CC2)n1. The minimum absolute atomic E-state index is 0.228. The number of nitrogens with zero attached hydrogens (tertiary/aromatic N) is 2. The molecule has 1 heterocycles. The minimum atomic E-state index is -0.230. The second-order valence-electron chi connectivity index (χ2n) is 6.23. The monoisotopic (exact) mass is 331 g/mol. The molecule has 1 aliphatic carbocycles. The van der Waals surface area contributed by atoms with Gasteiger partial charge in [0.2, 0.25) is 5.89 Å². The first kappa shape index (κ1) is 16.6. The first-order valence-electron chi connectivity index (χ1n) is 8.33. The Bertz CT molecular complexity index is 697. The summed E-state index contributed by atoms with van der Waals surface area (Å²) in [5, 5.41) is 2.70. The van der Waals surface area contributed by atoms with Gasteiger partial charge in [0, 0.05) is 19.6 Å².